The summed E-state index contributed by atoms with van der Waals surface area (Å²) in [5.41, 5.74) is 0.138. The van der Waals surface area contributed by atoms with E-state index in [1.54, 1.807) is 11.3 Å². The van der Waals surface area contributed by atoms with Crippen LogP contribution in [-0.4, -0.2) is 18.1 Å². The Morgan fingerprint density at radius 3 is 2.60 bits per heavy atom. The third-order valence-corrected chi connectivity index (χ3v) is 4.21. The molecule has 0 aliphatic heterocycles. The van der Waals surface area contributed by atoms with Crippen LogP contribution in [0.4, 0.5) is 0 Å². The van der Waals surface area contributed by atoms with Crippen molar-refractivity contribution in [1.82, 2.24) is 10.3 Å². The highest BCUT2D eigenvalue weighted by Crippen LogP contribution is 2.26. The quantitative estimate of drug-likeness (QED) is 0.825. The van der Waals surface area contributed by atoms with E-state index in [2.05, 4.69) is 31.1 Å². The van der Waals surface area contributed by atoms with Crippen LogP contribution in [0, 0.1) is 0 Å². The Morgan fingerprint density at radius 2 is 1.95 bits per heavy atom. The van der Waals surface area contributed by atoms with E-state index in [-0.39, 0.29) is 5.41 Å². The van der Waals surface area contributed by atoms with Crippen molar-refractivity contribution in [3.05, 3.63) is 46.4 Å². The van der Waals surface area contributed by atoms with Crippen molar-refractivity contribution in [2.24, 2.45) is 0 Å². The third-order valence-electron chi connectivity index (χ3n) is 2.79. The van der Waals surface area contributed by atoms with Crippen molar-refractivity contribution in [1.29, 1.82) is 0 Å². The van der Waals surface area contributed by atoms with Crippen LogP contribution in [0.1, 0.15) is 30.7 Å². The zero-order valence-corrected chi connectivity index (χ0v) is 13.2. The van der Waals surface area contributed by atoms with Gasteiger partial charge in [0.05, 0.1) is 5.01 Å². The minimum absolute atomic E-state index is 0.138. The summed E-state index contributed by atoms with van der Waals surface area (Å²) in [4.78, 5) is 5.75. The van der Waals surface area contributed by atoms with Crippen LogP contribution < -0.4 is 10.1 Å². The monoisotopic (exact) mass is 290 g/mol. The fourth-order valence-electron chi connectivity index (χ4n) is 1.71. The number of hydrogen-bond acceptors (Lipinski definition) is 4. The minimum Gasteiger partial charge on any atom is -0.492 e. The first-order valence-electron chi connectivity index (χ1n) is 6.89. The van der Waals surface area contributed by atoms with Gasteiger partial charge in [-0.2, -0.15) is 0 Å². The Kier molecular flexibility index (Phi) is 5.15. The second-order valence-electron chi connectivity index (χ2n) is 5.72. The Balaban J connectivity index is 1.67. The molecule has 0 aliphatic carbocycles. The standard InChI is InChI=1S/C16H22N2OS/c1-16(2,3)15-18-12-14(20-15)11-17-9-10-19-13-7-5-4-6-8-13/h4-8,12,17H,9-11H2,1-3H3. The maximum absolute atomic E-state index is 5.63. The summed E-state index contributed by atoms with van der Waals surface area (Å²) in [7, 11) is 0. The Morgan fingerprint density at radius 1 is 1.20 bits per heavy atom. The summed E-state index contributed by atoms with van der Waals surface area (Å²) in [5.74, 6) is 0.919. The summed E-state index contributed by atoms with van der Waals surface area (Å²) in [6.07, 6.45) is 1.97. The summed E-state index contributed by atoms with van der Waals surface area (Å²) < 4.78 is 5.63. The van der Waals surface area contributed by atoms with Gasteiger partial charge in [-0.25, -0.2) is 4.98 Å². The van der Waals surface area contributed by atoms with Gasteiger partial charge < -0.3 is 10.1 Å². The first-order valence-corrected chi connectivity index (χ1v) is 7.71. The van der Waals surface area contributed by atoms with Crippen LogP contribution in [0.15, 0.2) is 36.5 Å². The van der Waals surface area contributed by atoms with E-state index in [1.807, 2.05) is 36.5 Å². The molecule has 1 aromatic heterocycles. The lowest BCUT2D eigenvalue weighted by Crippen LogP contribution is -2.20. The molecule has 2 aromatic rings. The van der Waals surface area contributed by atoms with Gasteiger partial charge in [0.15, 0.2) is 0 Å². The lowest BCUT2D eigenvalue weighted by atomic mass is 9.98. The molecule has 0 aliphatic rings. The number of hydrogen-bond donors (Lipinski definition) is 1. The molecular weight excluding hydrogens is 268 g/mol. The second-order valence-corrected chi connectivity index (χ2v) is 6.84. The number of ether oxygens (including phenoxy) is 1. The number of para-hydroxylation sites is 1. The fourth-order valence-corrected chi connectivity index (χ4v) is 2.64. The number of aromatic nitrogens is 1. The molecule has 2 rings (SSSR count). The van der Waals surface area contributed by atoms with Crippen molar-refractivity contribution >= 4 is 11.3 Å². The molecule has 0 amide bonds. The minimum atomic E-state index is 0.138. The lowest BCUT2D eigenvalue weighted by Gasteiger charge is -2.13. The van der Waals surface area contributed by atoms with E-state index in [9.17, 15) is 0 Å². The van der Waals surface area contributed by atoms with E-state index in [4.69, 9.17) is 4.74 Å². The molecule has 0 fully saturated rings. The number of benzene rings is 1. The molecule has 1 heterocycles. The molecule has 108 valence electrons. The molecule has 0 bridgehead atoms. The van der Waals surface area contributed by atoms with Crippen LogP contribution in [0.5, 0.6) is 5.75 Å². The lowest BCUT2D eigenvalue weighted by molar-refractivity contribution is 0.314. The zero-order chi connectivity index (χ0) is 14.4. The van der Waals surface area contributed by atoms with Crippen molar-refractivity contribution in [3.8, 4) is 5.75 Å². The molecule has 1 aromatic carbocycles. The average molecular weight is 290 g/mol. The van der Waals surface area contributed by atoms with Crippen molar-refractivity contribution in [2.75, 3.05) is 13.2 Å². The third kappa shape index (κ3) is 4.62. The van der Waals surface area contributed by atoms with Crippen LogP contribution in [0.3, 0.4) is 0 Å². The molecule has 0 radical (unpaired) electrons. The van der Waals surface area contributed by atoms with Crippen LogP contribution in [0.25, 0.3) is 0 Å². The zero-order valence-electron chi connectivity index (χ0n) is 12.3. The van der Waals surface area contributed by atoms with Gasteiger partial charge in [0, 0.05) is 29.6 Å². The Bertz CT molecular complexity index is 517. The highest BCUT2D eigenvalue weighted by Gasteiger charge is 2.17. The van der Waals surface area contributed by atoms with Gasteiger partial charge >= 0.3 is 0 Å². The van der Waals surface area contributed by atoms with Gasteiger partial charge in [-0.1, -0.05) is 39.0 Å². The molecule has 0 spiro atoms. The first kappa shape index (κ1) is 15.0. The Labute approximate surface area is 125 Å². The molecule has 3 nitrogen and oxygen atoms in total. The fraction of sp³-hybridized carbons (Fsp3) is 0.438. The SMILES string of the molecule is CC(C)(C)c1ncc(CNCCOc2ccccc2)s1. The van der Waals surface area contributed by atoms with Gasteiger partial charge in [-0.15, -0.1) is 11.3 Å². The summed E-state index contributed by atoms with van der Waals surface area (Å²) in [6, 6.07) is 9.89. The second kappa shape index (κ2) is 6.86. The maximum atomic E-state index is 5.63. The van der Waals surface area contributed by atoms with Crippen LogP contribution >= 0.6 is 11.3 Å². The highest BCUT2D eigenvalue weighted by atomic mass is 32.1. The average Bonchev–Trinajstić information content (AvgIpc) is 2.88. The van der Waals surface area contributed by atoms with E-state index in [1.165, 1.54) is 9.88 Å². The molecule has 1 N–H and O–H groups in total. The van der Waals surface area contributed by atoms with Crippen molar-refractivity contribution in [2.45, 2.75) is 32.7 Å². The normalized spacial score (nSPS) is 11.6. The number of nitrogens with one attached hydrogen (secondary N) is 1. The predicted molar refractivity (Wildman–Crippen MR) is 84.5 cm³/mol. The summed E-state index contributed by atoms with van der Waals surface area (Å²) in [5, 5.41) is 4.57. The number of thiazole rings is 1. The molecule has 4 heteroatoms. The van der Waals surface area contributed by atoms with E-state index in [0.29, 0.717) is 6.61 Å². The predicted octanol–water partition coefficient (Wildman–Crippen LogP) is 3.61. The molecular formula is C16H22N2OS. The summed E-state index contributed by atoms with van der Waals surface area (Å²) >= 11 is 1.78. The van der Waals surface area contributed by atoms with Gasteiger partial charge in [0.2, 0.25) is 0 Å². The van der Waals surface area contributed by atoms with Crippen LogP contribution in [0.2, 0.25) is 0 Å². The first-order chi connectivity index (χ1) is 9.55. The molecule has 0 atom stereocenters. The highest BCUT2D eigenvalue weighted by molar-refractivity contribution is 7.11. The van der Waals surface area contributed by atoms with Crippen molar-refractivity contribution in [3.63, 3.8) is 0 Å². The van der Waals surface area contributed by atoms with Gasteiger partial charge in [0.1, 0.15) is 12.4 Å². The molecule has 0 saturated heterocycles. The van der Waals surface area contributed by atoms with E-state index >= 15 is 0 Å². The van der Waals surface area contributed by atoms with Gasteiger partial charge in [-0.3, -0.25) is 0 Å². The van der Waals surface area contributed by atoms with E-state index < -0.39 is 0 Å². The number of rotatable bonds is 6. The van der Waals surface area contributed by atoms with Crippen LogP contribution in [-0.2, 0) is 12.0 Å². The molecule has 0 unspecified atom stereocenters. The van der Waals surface area contributed by atoms with Gasteiger partial charge in [-0.05, 0) is 12.1 Å². The smallest absolute Gasteiger partial charge is 0.119 e. The number of nitrogens with zero attached hydrogens (tertiary/aromatic N) is 1. The molecule has 20 heavy (non-hydrogen) atoms. The Hall–Kier alpha value is -1.39. The van der Waals surface area contributed by atoms with Gasteiger partial charge in [0.25, 0.3) is 0 Å². The molecule has 0 saturated carbocycles. The largest absolute Gasteiger partial charge is 0.492 e. The topological polar surface area (TPSA) is 34.2 Å². The summed E-state index contributed by atoms with van der Waals surface area (Å²) in [6.45, 7) is 8.93. The van der Waals surface area contributed by atoms with Crippen molar-refractivity contribution < 1.29 is 4.74 Å². The van der Waals surface area contributed by atoms with E-state index in [0.717, 1.165) is 18.8 Å². The maximum Gasteiger partial charge on any atom is 0.119 e.